The van der Waals surface area contributed by atoms with Crippen molar-refractivity contribution in [3.05, 3.63) is 29.3 Å². The van der Waals surface area contributed by atoms with Crippen molar-refractivity contribution < 1.29 is 14.6 Å². The zero-order valence-corrected chi connectivity index (χ0v) is 11.0. The SMILES string of the molecule is Cc1cccc(OCCC(=O)NCCCO)c1C. The van der Waals surface area contributed by atoms with E-state index in [9.17, 15) is 4.79 Å². The van der Waals surface area contributed by atoms with Crippen molar-refractivity contribution in [1.82, 2.24) is 5.32 Å². The fourth-order valence-corrected chi connectivity index (χ4v) is 1.53. The van der Waals surface area contributed by atoms with Gasteiger partial charge in [-0.15, -0.1) is 0 Å². The Morgan fingerprint density at radius 1 is 1.39 bits per heavy atom. The maximum Gasteiger partial charge on any atom is 0.223 e. The molecule has 0 unspecified atom stereocenters. The molecule has 0 fully saturated rings. The minimum atomic E-state index is -0.0474. The van der Waals surface area contributed by atoms with E-state index in [1.165, 1.54) is 5.56 Å². The molecule has 100 valence electrons. The first-order chi connectivity index (χ1) is 8.65. The molecule has 1 rings (SSSR count). The normalized spacial score (nSPS) is 10.2. The van der Waals surface area contributed by atoms with Gasteiger partial charge in [-0.2, -0.15) is 0 Å². The van der Waals surface area contributed by atoms with Crippen LogP contribution < -0.4 is 10.1 Å². The van der Waals surface area contributed by atoms with Crippen LogP contribution in [0.15, 0.2) is 18.2 Å². The number of aliphatic hydroxyl groups is 1. The molecule has 0 radical (unpaired) electrons. The predicted molar refractivity (Wildman–Crippen MR) is 70.7 cm³/mol. The molecule has 2 N–H and O–H groups in total. The van der Waals surface area contributed by atoms with Crippen molar-refractivity contribution in [2.75, 3.05) is 19.8 Å². The van der Waals surface area contributed by atoms with Crippen molar-refractivity contribution in [3.63, 3.8) is 0 Å². The Balaban J connectivity index is 2.29. The number of aliphatic hydroxyl groups excluding tert-OH is 1. The smallest absolute Gasteiger partial charge is 0.223 e. The number of hydrogen-bond acceptors (Lipinski definition) is 3. The second-order valence-corrected chi connectivity index (χ2v) is 4.22. The number of ether oxygens (including phenoxy) is 1. The fraction of sp³-hybridized carbons (Fsp3) is 0.500. The second-order valence-electron chi connectivity index (χ2n) is 4.22. The van der Waals surface area contributed by atoms with Gasteiger partial charge in [0, 0.05) is 13.2 Å². The molecule has 1 amide bonds. The minimum Gasteiger partial charge on any atom is -0.493 e. The van der Waals surface area contributed by atoms with E-state index in [1.807, 2.05) is 32.0 Å². The molecule has 0 spiro atoms. The number of rotatable bonds is 7. The Labute approximate surface area is 108 Å². The molecule has 1 aromatic carbocycles. The predicted octanol–water partition coefficient (Wildman–Crippen LogP) is 1.57. The molecule has 0 heterocycles. The van der Waals surface area contributed by atoms with E-state index in [0.717, 1.165) is 11.3 Å². The van der Waals surface area contributed by atoms with Crippen molar-refractivity contribution in [2.24, 2.45) is 0 Å². The lowest BCUT2D eigenvalue weighted by Gasteiger charge is -2.10. The molecule has 0 aliphatic carbocycles. The van der Waals surface area contributed by atoms with E-state index >= 15 is 0 Å². The Hall–Kier alpha value is -1.55. The molecule has 0 aromatic heterocycles. The molecule has 1 aromatic rings. The number of carbonyl (C=O) groups is 1. The molecule has 4 nitrogen and oxygen atoms in total. The van der Waals surface area contributed by atoms with Gasteiger partial charge in [-0.1, -0.05) is 12.1 Å². The van der Waals surface area contributed by atoms with E-state index < -0.39 is 0 Å². The van der Waals surface area contributed by atoms with Crippen LogP contribution in [0.3, 0.4) is 0 Å². The van der Waals surface area contributed by atoms with Gasteiger partial charge in [-0.3, -0.25) is 4.79 Å². The van der Waals surface area contributed by atoms with Crippen LogP contribution in [-0.4, -0.2) is 30.8 Å². The lowest BCUT2D eigenvalue weighted by molar-refractivity contribution is -0.121. The first kappa shape index (κ1) is 14.5. The third kappa shape index (κ3) is 4.75. The van der Waals surface area contributed by atoms with E-state index in [2.05, 4.69) is 5.32 Å². The largest absolute Gasteiger partial charge is 0.493 e. The summed E-state index contributed by atoms with van der Waals surface area (Å²) in [6.07, 6.45) is 0.919. The van der Waals surface area contributed by atoms with Gasteiger partial charge in [-0.25, -0.2) is 0 Å². The maximum atomic E-state index is 11.4. The van der Waals surface area contributed by atoms with Crippen LogP contribution in [0.2, 0.25) is 0 Å². The van der Waals surface area contributed by atoms with Gasteiger partial charge in [-0.05, 0) is 37.5 Å². The minimum absolute atomic E-state index is 0.0474. The van der Waals surface area contributed by atoms with Crippen LogP contribution in [-0.2, 0) is 4.79 Å². The summed E-state index contributed by atoms with van der Waals surface area (Å²) in [6, 6.07) is 5.88. The highest BCUT2D eigenvalue weighted by atomic mass is 16.5. The van der Waals surface area contributed by atoms with Crippen molar-refractivity contribution in [2.45, 2.75) is 26.7 Å². The third-order valence-corrected chi connectivity index (χ3v) is 2.80. The van der Waals surface area contributed by atoms with Crippen molar-refractivity contribution in [3.8, 4) is 5.75 Å². The van der Waals surface area contributed by atoms with Gasteiger partial charge in [0.15, 0.2) is 0 Å². The van der Waals surface area contributed by atoms with Crippen LogP contribution in [0, 0.1) is 13.8 Å². The first-order valence-corrected chi connectivity index (χ1v) is 6.21. The summed E-state index contributed by atoms with van der Waals surface area (Å²) in [6.45, 7) is 5.02. The molecule has 0 bridgehead atoms. The highest BCUT2D eigenvalue weighted by molar-refractivity contribution is 5.75. The molecular formula is C14H21NO3. The highest BCUT2D eigenvalue weighted by Gasteiger charge is 2.04. The molecule has 18 heavy (non-hydrogen) atoms. The van der Waals surface area contributed by atoms with Crippen LogP contribution in [0.5, 0.6) is 5.75 Å². The average molecular weight is 251 g/mol. The van der Waals surface area contributed by atoms with Gasteiger partial charge >= 0.3 is 0 Å². The molecule has 0 atom stereocenters. The van der Waals surface area contributed by atoms with Crippen LogP contribution in [0.1, 0.15) is 24.0 Å². The number of carbonyl (C=O) groups excluding carboxylic acids is 1. The molecule has 0 saturated carbocycles. The van der Waals surface area contributed by atoms with Crippen LogP contribution in [0.25, 0.3) is 0 Å². The molecule has 0 aliphatic heterocycles. The number of hydrogen-bond donors (Lipinski definition) is 2. The second kappa shape index (κ2) is 7.71. The topological polar surface area (TPSA) is 58.6 Å². The summed E-state index contributed by atoms with van der Waals surface area (Å²) in [7, 11) is 0. The summed E-state index contributed by atoms with van der Waals surface area (Å²) in [5, 5.41) is 11.3. The average Bonchev–Trinajstić information content (AvgIpc) is 2.35. The van der Waals surface area contributed by atoms with Gasteiger partial charge in [0.1, 0.15) is 5.75 Å². The first-order valence-electron chi connectivity index (χ1n) is 6.21. The molecule has 0 saturated heterocycles. The molecule has 0 aliphatic rings. The highest BCUT2D eigenvalue weighted by Crippen LogP contribution is 2.20. The van der Waals surface area contributed by atoms with Gasteiger partial charge < -0.3 is 15.2 Å². The van der Waals surface area contributed by atoms with Crippen molar-refractivity contribution in [1.29, 1.82) is 0 Å². The monoisotopic (exact) mass is 251 g/mol. The lowest BCUT2D eigenvalue weighted by atomic mass is 10.1. The summed E-state index contributed by atoms with van der Waals surface area (Å²) < 4.78 is 5.58. The van der Waals surface area contributed by atoms with Gasteiger partial charge in [0.25, 0.3) is 0 Å². The number of amides is 1. The van der Waals surface area contributed by atoms with Gasteiger partial charge in [0.05, 0.1) is 13.0 Å². The van der Waals surface area contributed by atoms with Gasteiger partial charge in [0.2, 0.25) is 5.91 Å². The zero-order valence-electron chi connectivity index (χ0n) is 11.0. The standard InChI is InChI=1S/C14H21NO3/c1-11-5-3-6-13(12(11)2)18-10-7-14(17)15-8-4-9-16/h3,5-6,16H,4,7-10H2,1-2H3,(H,15,17). The summed E-state index contributed by atoms with van der Waals surface area (Å²) in [4.78, 5) is 11.4. The maximum absolute atomic E-state index is 11.4. The number of benzene rings is 1. The fourth-order valence-electron chi connectivity index (χ4n) is 1.53. The molecule has 4 heteroatoms. The Kier molecular flexibility index (Phi) is 6.22. The quantitative estimate of drug-likeness (QED) is 0.723. The van der Waals surface area contributed by atoms with Crippen LogP contribution >= 0.6 is 0 Å². The Bertz CT molecular complexity index is 391. The number of nitrogens with one attached hydrogen (secondary N) is 1. The lowest BCUT2D eigenvalue weighted by Crippen LogP contribution is -2.26. The van der Waals surface area contributed by atoms with E-state index in [-0.39, 0.29) is 12.5 Å². The zero-order chi connectivity index (χ0) is 13.4. The van der Waals surface area contributed by atoms with E-state index in [1.54, 1.807) is 0 Å². The summed E-state index contributed by atoms with van der Waals surface area (Å²) in [5.41, 5.74) is 2.29. The molecular weight excluding hydrogens is 230 g/mol. The van der Waals surface area contributed by atoms with E-state index in [0.29, 0.717) is 26.0 Å². The van der Waals surface area contributed by atoms with Crippen molar-refractivity contribution >= 4 is 5.91 Å². The van der Waals surface area contributed by atoms with Crippen LogP contribution in [0.4, 0.5) is 0 Å². The summed E-state index contributed by atoms with van der Waals surface area (Å²) >= 11 is 0. The third-order valence-electron chi connectivity index (χ3n) is 2.80. The Morgan fingerprint density at radius 3 is 2.89 bits per heavy atom. The van der Waals surface area contributed by atoms with E-state index in [4.69, 9.17) is 9.84 Å². The summed E-state index contributed by atoms with van der Waals surface area (Å²) in [5.74, 6) is 0.784. The Morgan fingerprint density at radius 2 is 2.17 bits per heavy atom. The number of aryl methyl sites for hydroxylation is 1.